The highest BCUT2D eigenvalue weighted by atomic mass is 16.2. The van der Waals surface area contributed by atoms with Crippen molar-refractivity contribution >= 4 is 40.2 Å². The number of nitrogens with zero attached hydrogens (tertiary/aromatic N) is 4. The molecule has 0 aliphatic rings. The Labute approximate surface area is 198 Å². The Bertz CT molecular complexity index is 1230. The first-order valence-electron chi connectivity index (χ1n) is 10.8. The van der Waals surface area contributed by atoms with E-state index in [9.17, 15) is 4.79 Å². The van der Waals surface area contributed by atoms with E-state index in [1.54, 1.807) is 0 Å². The Morgan fingerprint density at radius 2 is 0.912 bits per heavy atom. The fraction of sp³-hybridized carbons (Fsp3) is 0.0741. The van der Waals surface area contributed by atoms with Gasteiger partial charge in [-0.25, -0.2) is 4.79 Å². The van der Waals surface area contributed by atoms with Gasteiger partial charge in [-0.2, -0.15) is 20.5 Å². The zero-order valence-corrected chi connectivity index (χ0v) is 18.9. The Hall–Kier alpha value is -4.65. The Kier molecular flexibility index (Phi) is 7.15. The Morgan fingerprint density at radius 3 is 1.29 bits per heavy atom. The SMILES string of the molecule is Cc1cc(N=Nc2ccccc2)ccc1NC(=O)Nc1ccc(N=Nc2ccccc2)cc1C. The molecule has 168 valence electrons. The van der Waals surface area contributed by atoms with Crippen molar-refractivity contribution in [1.29, 1.82) is 0 Å². The van der Waals surface area contributed by atoms with Crippen LogP contribution in [0.2, 0.25) is 0 Å². The summed E-state index contributed by atoms with van der Waals surface area (Å²) in [5.41, 5.74) is 6.14. The van der Waals surface area contributed by atoms with Gasteiger partial charge in [-0.3, -0.25) is 0 Å². The number of carbonyl (C=O) groups is 1. The maximum absolute atomic E-state index is 12.6. The number of carbonyl (C=O) groups excluding carboxylic acids is 1. The lowest BCUT2D eigenvalue weighted by molar-refractivity contribution is 0.262. The zero-order chi connectivity index (χ0) is 23.8. The third-order valence-corrected chi connectivity index (χ3v) is 4.99. The summed E-state index contributed by atoms with van der Waals surface area (Å²) < 4.78 is 0. The topological polar surface area (TPSA) is 90.6 Å². The number of rotatable bonds is 6. The number of benzene rings is 4. The first-order chi connectivity index (χ1) is 16.6. The molecule has 4 rings (SSSR count). The van der Waals surface area contributed by atoms with E-state index in [1.807, 2.05) is 111 Å². The minimum atomic E-state index is -0.330. The normalized spacial score (nSPS) is 11.1. The average Bonchev–Trinajstić information content (AvgIpc) is 2.86. The van der Waals surface area contributed by atoms with E-state index in [1.165, 1.54) is 0 Å². The zero-order valence-electron chi connectivity index (χ0n) is 18.9. The van der Waals surface area contributed by atoms with E-state index in [0.717, 1.165) is 22.5 Å². The van der Waals surface area contributed by atoms with Crippen molar-refractivity contribution in [2.24, 2.45) is 20.5 Å². The number of nitrogens with one attached hydrogen (secondary N) is 2. The molecule has 4 aromatic carbocycles. The number of anilines is 2. The van der Waals surface area contributed by atoms with Crippen LogP contribution in [0.25, 0.3) is 0 Å². The minimum absolute atomic E-state index is 0.330. The van der Waals surface area contributed by atoms with Crippen LogP contribution in [0.15, 0.2) is 118 Å². The predicted molar refractivity (Wildman–Crippen MR) is 136 cm³/mol. The monoisotopic (exact) mass is 448 g/mol. The molecule has 0 aliphatic heterocycles. The molecule has 7 heteroatoms. The lowest BCUT2D eigenvalue weighted by atomic mass is 10.1. The molecule has 0 unspecified atom stereocenters. The number of urea groups is 1. The lowest BCUT2D eigenvalue weighted by Gasteiger charge is -2.12. The van der Waals surface area contributed by atoms with E-state index in [-0.39, 0.29) is 6.03 Å². The molecule has 0 spiro atoms. The quantitative estimate of drug-likeness (QED) is 0.283. The van der Waals surface area contributed by atoms with Gasteiger partial charge >= 0.3 is 6.03 Å². The summed E-state index contributed by atoms with van der Waals surface area (Å²) in [6.45, 7) is 3.82. The van der Waals surface area contributed by atoms with Crippen LogP contribution in [0.5, 0.6) is 0 Å². The van der Waals surface area contributed by atoms with Gasteiger partial charge in [0, 0.05) is 11.4 Å². The molecular weight excluding hydrogens is 424 g/mol. The molecule has 0 saturated carbocycles. The van der Waals surface area contributed by atoms with Crippen LogP contribution in [0.1, 0.15) is 11.1 Å². The van der Waals surface area contributed by atoms with Gasteiger partial charge in [0.05, 0.1) is 22.7 Å². The first-order valence-corrected chi connectivity index (χ1v) is 10.8. The van der Waals surface area contributed by atoms with E-state index in [2.05, 4.69) is 31.1 Å². The highest BCUT2D eigenvalue weighted by molar-refractivity contribution is 6.00. The summed E-state index contributed by atoms with van der Waals surface area (Å²) in [4.78, 5) is 12.6. The number of hydrogen-bond donors (Lipinski definition) is 2. The fourth-order valence-corrected chi connectivity index (χ4v) is 3.20. The molecular formula is C27H24N6O. The van der Waals surface area contributed by atoms with E-state index in [0.29, 0.717) is 22.7 Å². The van der Waals surface area contributed by atoms with Crippen LogP contribution in [0.3, 0.4) is 0 Å². The van der Waals surface area contributed by atoms with Crippen LogP contribution in [-0.2, 0) is 0 Å². The van der Waals surface area contributed by atoms with Crippen LogP contribution in [0, 0.1) is 13.8 Å². The first kappa shape index (κ1) is 22.5. The van der Waals surface area contributed by atoms with Crippen molar-refractivity contribution < 1.29 is 4.79 Å². The highest BCUT2D eigenvalue weighted by Gasteiger charge is 2.08. The van der Waals surface area contributed by atoms with Gasteiger partial charge in [0.1, 0.15) is 0 Å². The van der Waals surface area contributed by atoms with Gasteiger partial charge in [0.25, 0.3) is 0 Å². The largest absolute Gasteiger partial charge is 0.323 e. The van der Waals surface area contributed by atoms with Crippen molar-refractivity contribution in [3.63, 3.8) is 0 Å². The maximum Gasteiger partial charge on any atom is 0.323 e. The highest BCUT2D eigenvalue weighted by Crippen LogP contribution is 2.26. The Balaban J connectivity index is 1.37. The second-order valence-electron chi connectivity index (χ2n) is 7.65. The molecule has 2 N–H and O–H groups in total. The molecule has 0 aromatic heterocycles. The Morgan fingerprint density at radius 1 is 0.529 bits per heavy atom. The smallest absolute Gasteiger partial charge is 0.307 e. The molecule has 2 amide bonds. The van der Waals surface area contributed by atoms with Gasteiger partial charge < -0.3 is 10.6 Å². The minimum Gasteiger partial charge on any atom is -0.307 e. The molecule has 0 radical (unpaired) electrons. The average molecular weight is 449 g/mol. The summed E-state index contributed by atoms with van der Waals surface area (Å²) in [7, 11) is 0. The van der Waals surface area contributed by atoms with Crippen LogP contribution < -0.4 is 10.6 Å². The fourth-order valence-electron chi connectivity index (χ4n) is 3.20. The number of amides is 2. The van der Waals surface area contributed by atoms with Gasteiger partial charge in [-0.15, -0.1) is 0 Å². The standard InChI is InChI=1S/C27H24N6O/c1-19-17-23(32-30-21-9-5-3-6-10-21)13-15-25(19)28-27(34)29-26-16-14-24(18-20(26)2)33-31-22-11-7-4-8-12-22/h3-18H,1-2H3,(H2,28,29,34). The van der Waals surface area contributed by atoms with Gasteiger partial charge in [0.15, 0.2) is 0 Å². The molecule has 7 nitrogen and oxygen atoms in total. The molecule has 0 aliphatic carbocycles. The molecule has 34 heavy (non-hydrogen) atoms. The van der Waals surface area contributed by atoms with E-state index in [4.69, 9.17) is 0 Å². The third-order valence-electron chi connectivity index (χ3n) is 4.99. The van der Waals surface area contributed by atoms with Gasteiger partial charge in [0.2, 0.25) is 0 Å². The number of hydrogen-bond acceptors (Lipinski definition) is 5. The van der Waals surface area contributed by atoms with Gasteiger partial charge in [-0.05, 0) is 85.6 Å². The van der Waals surface area contributed by atoms with Crippen molar-refractivity contribution in [2.75, 3.05) is 10.6 Å². The molecule has 0 saturated heterocycles. The summed E-state index contributed by atoms with van der Waals surface area (Å²) in [6.07, 6.45) is 0. The summed E-state index contributed by atoms with van der Waals surface area (Å²) in [5, 5.41) is 22.7. The van der Waals surface area contributed by atoms with Crippen LogP contribution in [-0.4, -0.2) is 6.03 Å². The van der Waals surface area contributed by atoms with Crippen molar-refractivity contribution in [2.45, 2.75) is 13.8 Å². The van der Waals surface area contributed by atoms with Crippen molar-refractivity contribution in [3.8, 4) is 0 Å². The number of aryl methyl sites for hydroxylation is 2. The molecule has 4 aromatic rings. The van der Waals surface area contributed by atoms with Gasteiger partial charge in [-0.1, -0.05) is 36.4 Å². The maximum atomic E-state index is 12.6. The lowest BCUT2D eigenvalue weighted by Crippen LogP contribution is -2.20. The second kappa shape index (κ2) is 10.8. The molecule has 0 atom stereocenters. The van der Waals surface area contributed by atoms with Crippen molar-refractivity contribution in [1.82, 2.24) is 0 Å². The van der Waals surface area contributed by atoms with Crippen LogP contribution >= 0.6 is 0 Å². The van der Waals surface area contributed by atoms with E-state index < -0.39 is 0 Å². The summed E-state index contributed by atoms with van der Waals surface area (Å²) in [5.74, 6) is 0. The van der Waals surface area contributed by atoms with Crippen molar-refractivity contribution in [3.05, 3.63) is 108 Å². The van der Waals surface area contributed by atoms with Crippen LogP contribution in [0.4, 0.5) is 38.9 Å². The second-order valence-corrected chi connectivity index (χ2v) is 7.65. The molecule has 0 fully saturated rings. The summed E-state index contributed by atoms with van der Waals surface area (Å²) in [6, 6.07) is 29.7. The molecule has 0 heterocycles. The third kappa shape index (κ3) is 6.20. The molecule has 0 bridgehead atoms. The summed E-state index contributed by atoms with van der Waals surface area (Å²) >= 11 is 0. The number of azo groups is 2. The van der Waals surface area contributed by atoms with E-state index >= 15 is 0 Å². The predicted octanol–water partition coefficient (Wildman–Crippen LogP) is 8.78.